The van der Waals surface area contributed by atoms with Gasteiger partial charge < -0.3 is 24.4 Å². The Bertz CT molecular complexity index is 1070. The number of rotatable bonds is 7. The van der Waals surface area contributed by atoms with Crippen molar-refractivity contribution in [3.63, 3.8) is 0 Å². The van der Waals surface area contributed by atoms with E-state index in [9.17, 15) is 14.4 Å². The quantitative estimate of drug-likeness (QED) is 0.582. The van der Waals surface area contributed by atoms with Gasteiger partial charge in [-0.2, -0.15) is 0 Å². The van der Waals surface area contributed by atoms with Crippen LogP contribution in [0.4, 0.5) is 10.5 Å². The SMILES string of the molecule is CCOC(=O)CCc1ccc(NC(=O)C2CCN(C(=O)OC(C)(C)C)CC2)c2nc(OC)ccc12. The van der Waals surface area contributed by atoms with Crippen LogP contribution >= 0.6 is 0 Å². The molecule has 9 heteroatoms. The van der Waals surface area contributed by atoms with Crippen molar-refractivity contribution in [3.8, 4) is 5.88 Å². The van der Waals surface area contributed by atoms with Crippen LogP contribution in [0.3, 0.4) is 0 Å². The van der Waals surface area contributed by atoms with Crippen LogP contribution in [0.2, 0.25) is 0 Å². The summed E-state index contributed by atoms with van der Waals surface area (Å²) in [5.74, 6) is -0.157. The summed E-state index contributed by atoms with van der Waals surface area (Å²) in [4.78, 5) is 43.4. The van der Waals surface area contributed by atoms with Crippen molar-refractivity contribution in [3.05, 3.63) is 29.8 Å². The molecule has 1 fully saturated rings. The zero-order chi connectivity index (χ0) is 25.6. The van der Waals surface area contributed by atoms with Crippen molar-refractivity contribution < 1.29 is 28.6 Å². The summed E-state index contributed by atoms with van der Waals surface area (Å²) in [5.41, 5.74) is 1.57. The average Bonchev–Trinajstić information content (AvgIpc) is 2.82. The van der Waals surface area contributed by atoms with Gasteiger partial charge in [-0.15, -0.1) is 0 Å². The van der Waals surface area contributed by atoms with E-state index >= 15 is 0 Å². The molecule has 35 heavy (non-hydrogen) atoms. The topological polar surface area (TPSA) is 107 Å². The van der Waals surface area contributed by atoms with Crippen molar-refractivity contribution in [2.45, 2.75) is 59.0 Å². The highest BCUT2D eigenvalue weighted by molar-refractivity contribution is 6.02. The second-order valence-electron chi connectivity index (χ2n) is 9.56. The Labute approximate surface area is 206 Å². The highest BCUT2D eigenvalue weighted by Gasteiger charge is 2.30. The number of likely N-dealkylation sites (tertiary alicyclic amines) is 1. The molecule has 9 nitrogen and oxygen atoms in total. The van der Waals surface area contributed by atoms with Crippen LogP contribution in [-0.4, -0.2) is 60.3 Å². The summed E-state index contributed by atoms with van der Waals surface area (Å²) in [5, 5.41) is 3.86. The third-order valence-corrected chi connectivity index (χ3v) is 5.81. The average molecular weight is 486 g/mol. The number of esters is 1. The van der Waals surface area contributed by atoms with Gasteiger partial charge in [-0.1, -0.05) is 6.07 Å². The lowest BCUT2D eigenvalue weighted by atomic mass is 9.95. The van der Waals surface area contributed by atoms with Crippen LogP contribution < -0.4 is 10.1 Å². The number of benzene rings is 1. The number of amides is 2. The van der Waals surface area contributed by atoms with Crippen molar-refractivity contribution >= 4 is 34.6 Å². The van der Waals surface area contributed by atoms with Gasteiger partial charge in [-0.05, 0) is 64.7 Å². The van der Waals surface area contributed by atoms with Gasteiger partial charge in [0.2, 0.25) is 11.8 Å². The Kier molecular flexibility index (Phi) is 8.53. The lowest BCUT2D eigenvalue weighted by Crippen LogP contribution is -2.43. The number of hydrogen-bond acceptors (Lipinski definition) is 7. The number of nitrogens with one attached hydrogen (secondary N) is 1. The van der Waals surface area contributed by atoms with E-state index in [0.717, 1.165) is 10.9 Å². The maximum absolute atomic E-state index is 13.1. The summed E-state index contributed by atoms with van der Waals surface area (Å²) in [6.45, 7) is 8.56. The van der Waals surface area contributed by atoms with Crippen molar-refractivity contribution in [1.82, 2.24) is 9.88 Å². The molecule has 0 bridgehead atoms. The zero-order valence-corrected chi connectivity index (χ0v) is 21.2. The van der Waals surface area contributed by atoms with Gasteiger partial charge in [0, 0.05) is 36.9 Å². The number of aryl methyl sites for hydroxylation is 1. The van der Waals surface area contributed by atoms with E-state index in [1.807, 2.05) is 39.0 Å². The number of hydrogen-bond donors (Lipinski definition) is 1. The predicted molar refractivity (Wildman–Crippen MR) is 132 cm³/mol. The molecular formula is C26H35N3O6. The minimum Gasteiger partial charge on any atom is -0.481 e. The number of carbonyl (C=O) groups excluding carboxylic acids is 3. The third kappa shape index (κ3) is 7.07. The van der Waals surface area contributed by atoms with Crippen LogP contribution in [0.1, 0.15) is 52.5 Å². The molecule has 0 spiro atoms. The molecule has 2 heterocycles. The molecule has 0 saturated carbocycles. The van der Waals surface area contributed by atoms with E-state index in [-0.39, 0.29) is 30.3 Å². The van der Waals surface area contributed by atoms with Gasteiger partial charge >= 0.3 is 12.1 Å². The number of fused-ring (bicyclic) bond motifs is 1. The minimum absolute atomic E-state index is 0.112. The van der Waals surface area contributed by atoms with Gasteiger partial charge in [0.15, 0.2) is 0 Å². The molecule has 0 unspecified atom stereocenters. The van der Waals surface area contributed by atoms with Crippen molar-refractivity contribution in [2.24, 2.45) is 5.92 Å². The largest absolute Gasteiger partial charge is 0.481 e. The molecule has 3 rings (SSSR count). The summed E-state index contributed by atoms with van der Waals surface area (Å²) in [6.07, 6.45) is 1.52. The lowest BCUT2D eigenvalue weighted by Gasteiger charge is -2.33. The molecule has 1 saturated heterocycles. The maximum atomic E-state index is 13.1. The van der Waals surface area contributed by atoms with E-state index in [1.54, 1.807) is 17.9 Å². The molecular weight excluding hydrogens is 450 g/mol. The lowest BCUT2D eigenvalue weighted by molar-refractivity contribution is -0.143. The van der Waals surface area contributed by atoms with Gasteiger partial charge in [-0.3, -0.25) is 9.59 Å². The van der Waals surface area contributed by atoms with Gasteiger partial charge in [0.1, 0.15) is 5.60 Å². The molecule has 190 valence electrons. The Morgan fingerprint density at radius 3 is 2.46 bits per heavy atom. The maximum Gasteiger partial charge on any atom is 0.410 e. The third-order valence-electron chi connectivity index (χ3n) is 5.81. The van der Waals surface area contributed by atoms with Crippen LogP contribution in [0.25, 0.3) is 10.9 Å². The highest BCUT2D eigenvalue weighted by Crippen LogP contribution is 2.30. The fraction of sp³-hybridized carbons (Fsp3) is 0.538. The summed E-state index contributed by atoms with van der Waals surface area (Å²) in [7, 11) is 1.54. The number of pyridine rings is 1. The fourth-order valence-electron chi connectivity index (χ4n) is 4.05. The standard InChI is InChI=1S/C26H35N3O6/c1-6-34-22(30)12-8-17-7-10-20(23-19(17)9-11-21(28-23)33-5)27-24(31)18-13-15-29(16-14-18)25(32)35-26(2,3)4/h7,9-11,18H,6,8,12-16H2,1-5H3,(H,27,31). The molecule has 2 aromatic rings. The fourth-order valence-corrected chi connectivity index (χ4v) is 4.05. The molecule has 1 N–H and O–H groups in total. The van der Waals surface area contributed by atoms with Crippen molar-refractivity contribution in [1.29, 1.82) is 0 Å². The van der Waals surface area contributed by atoms with Crippen LogP contribution in [0.5, 0.6) is 5.88 Å². The first-order chi connectivity index (χ1) is 16.6. The second-order valence-corrected chi connectivity index (χ2v) is 9.56. The van der Waals surface area contributed by atoms with E-state index in [2.05, 4.69) is 10.3 Å². The van der Waals surface area contributed by atoms with Gasteiger partial charge in [0.25, 0.3) is 0 Å². The highest BCUT2D eigenvalue weighted by atomic mass is 16.6. The van der Waals surface area contributed by atoms with Gasteiger partial charge in [-0.25, -0.2) is 9.78 Å². The molecule has 1 aliphatic heterocycles. The Morgan fingerprint density at radius 2 is 1.83 bits per heavy atom. The first-order valence-corrected chi connectivity index (χ1v) is 12.0. The van der Waals surface area contributed by atoms with Crippen molar-refractivity contribution in [2.75, 3.05) is 32.1 Å². The number of anilines is 1. The Hall–Kier alpha value is -3.36. The van der Waals surface area contributed by atoms with E-state index in [0.29, 0.717) is 56.0 Å². The molecule has 1 aromatic heterocycles. The number of aromatic nitrogens is 1. The Balaban J connectivity index is 1.71. The molecule has 0 radical (unpaired) electrons. The summed E-state index contributed by atoms with van der Waals surface area (Å²) in [6, 6.07) is 7.35. The zero-order valence-electron chi connectivity index (χ0n) is 21.2. The number of methoxy groups -OCH3 is 1. The number of ether oxygens (including phenoxy) is 3. The second kappa shape index (κ2) is 11.4. The summed E-state index contributed by atoms with van der Waals surface area (Å²) >= 11 is 0. The minimum atomic E-state index is -0.553. The molecule has 1 aliphatic rings. The monoisotopic (exact) mass is 485 g/mol. The van der Waals surface area contributed by atoms with E-state index in [4.69, 9.17) is 14.2 Å². The molecule has 2 amide bonds. The molecule has 0 aliphatic carbocycles. The van der Waals surface area contributed by atoms with E-state index < -0.39 is 5.60 Å². The normalized spacial score (nSPS) is 14.5. The predicted octanol–water partition coefficient (Wildman–Crippen LogP) is 4.32. The number of carbonyl (C=O) groups is 3. The number of nitrogens with zero attached hydrogens (tertiary/aromatic N) is 2. The molecule has 0 atom stereocenters. The van der Waals surface area contributed by atoms with Crippen LogP contribution in [-0.2, 0) is 25.5 Å². The first kappa shape index (κ1) is 26.2. The van der Waals surface area contributed by atoms with Gasteiger partial charge in [0.05, 0.1) is 24.9 Å². The molecule has 1 aromatic carbocycles. The smallest absolute Gasteiger partial charge is 0.410 e. The van der Waals surface area contributed by atoms with E-state index in [1.165, 1.54) is 7.11 Å². The number of piperidine rings is 1. The summed E-state index contributed by atoms with van der Waals surface area (Å²) < 4.78 is 15.8. The Morgan fingerprint density at radius 1 is 1.11 bits per heavy atom. The van der Waals surface area contributed by atoms with Crippen LogP contribution in [0, 0.1) is 5.92 Å². The first-order valence-electron chi connectivity index (χ1n) is 12.0. The van der Waals surface area contributed by atoms with Crippen LogP contribution in [0.15, 0.2) is 24.3 Å².